The molecule has 4 nitrogen and oxygen atoms in total. The van der Waals surface area contributed by atoms with Gasteiger partial charge in [-0.15, -0.1) is 0 Å². The highest BCUT2D eigenvalue weighted by Crippen LogP contribution is 2.11. The summed E-state index contributed by atoms with van der Waals surface area (Å²) in [5.41, 5.74) is 5.40. The predicted octanol–water partition coefficient (Wildman–Crippen LogP) is 0.0189. The second-order valence-corrected chi connectivity index (χ2v) is 3.52. The Kier molecular flexibility index (Phi) is 4.18. The summed E-state index contributed by atoms with van der Waals surface area (Å²) in [4.78, 5) is 11.1. The van der Waals surface area contributed by atoms with Crippen molar-refractivity contribution in [2.75, 3.05) is 13.2 Å². The molecule has 1 unspecified atom stereocenters. The highest BCUT2D eigenvalue weighted by atomic mass is 16.5. The van der Waals surface area contributed by atoms with Crippen LogP contribution in [0.25, 0.3) is 0 Å². The second-order valence-electron chi connectivity index (χ2n) is 3.52. The quantitative estimate of drug-likeness (QED) is 0.653. The van der Waals surface area contributed by atoms with Crippen LogP contribution < -0.4 is 11.1 Å². The van der Waals surface area contributed by atoms with Crippen LogP contribution in [0.5, 0.6) is 0 Å². The lowest BCUT2D eigenvalue weighted by Crippen LogP contribution is -2.42. The summed E-state index contributed by atoms with van der Waals surface area (Å²) in [7, 11) is 0. The molecule has 1 aliphatic heterocycles. The van der Waals surface area contributed by atoms with Crippen LogP contribution in [0.1, 0.15) is 26.2 Å². The fourth-order valence-electron chi connectivity index (χ4n) is 1.34. The summed E-state index contributed by atoms with van der Waals surface area (Å²) in [5, 5.41) is 2.76. The predicted molar refractivity (Wildman–Crippen MR) is 50.3 cm³/mol. The van der Waals surface area contributed by atoms with Gasteiger partial charge < -0.3 is 15.8 Å². The molecular weight excluding hydrogens is 168 g/mol. The molecule has 0 saturated carbocycles. The molecule has 1 fully saturated rings. The summed E-state index contributed by atoms with van der Waals surface area (Å²) < 4.78 is 5.45. The first-order chi connectivity index (χ1) is 6.20. The van der Waals surface area contributed by atoms with Crippen LogP contribution >= 0.6 is 0 Å². The molecule has 1 saturated heterocycles. The summed E-state index contributed by atoms with van der Waals surface area (Å²) >= 11 is 0. The van der Waals surface area contributed by atoms with Crippen LogP contribution in [0.4, 0.5) is 0 Å². The third-order valence-electron chi connectivity index (χ3n) is 2.19. The Morgan fingerprint density at radius 3 is 3.00 bits per heavy atom. The molecule has 13 heavy (non-hydrogen) atoms. The number of carbonyl (C=O) groups is 1. The second kappa shape index (κ2) is 5.19. The van der Waals surface area contributed by atoms with Gasteiger partial charge in [-0.25, -0.2) is 0 Å². The van der Waals surface area contributed by atoms with Crippen LogP contribution in [0.15, 0.2) is 0 Å². The monoisotopic (exact) mass is 186 g/mol. The van der Waals surface area contributed by atoms with Crippen molar-refractivity contribution in [3.8, 4) is 0 Å². The van der Waals surface area contributed by atoms with Crippen LogP contribution in [0.3, 0.4) is 0 Å². The van der Waals surface area contributed by atoms with Gasteiger partial charge in [0.1, 0.15) is 0 Å². The molecule has 2 atom stereocenters. The van der Waals surface area contributed by atoms with E-state index in [0.717, 1.165) is 19.4 Å². The first kappa shape index (κ1) is 10.5. The molecule has 0 spiro atoms. The lowest BCUT2D eigenvalue weighted by molar-refractivity contribution is -0.122. The van der Waals surface area contributed by atoms with E-state index in [1.54, 1.807) is 6.92 Å². The Labute approximate surface area is 78.8 Å². The van der Waals surface area contributed by atoms with Crippen molar-refractivity contribution >= 4 is 5.91 Å². The maximum Gasteiger partial charge on any atom is 0.236 e. The highest BCUT2D eigenvalue weighted by molar-refractivity contribution is 5.80. The van der Waals surface area contributed by atoms with Crippen LogP contribution in [-0.2, 0) is 9.53 Å². The third-order valence-corrected chi connectivity index (χ3v) is 2.19. The van der Waals surface area contributed by atoms with Gasteiger partial charge in [0.05, 0.1) is 12.1 Å². The molecule has 0 bridgehead atoms. The Bertz CT molecular complexity index is 165. The molecule has 0 aliphatic carbocycles. The average molecular weight is 186 g/mol. The average Bonchev–Trinajstić information content (AvgIpc) is 2.15. The van der Waals surface area contributed by atoms with Gasteiger partial charge in [0, 0.05) is 13.2 Å². The fourth-order valence-corrected chi connectivity index (χ4v) is 1.34. The van der Waals surface area contributed by atoms with Crippen molar-refractivity contribution in [3.05, 3.63) is 0 Å². The van der Waals surface area contributed by atoms with E-state index in [-0.39, 0.29) is 12.0 Å². The number of carbonyl (C=O) groups excluding carboxylic acids is 1. The van der Waals surface area contributed by atoms with Crippen LogP contribution in [0.2, 0.25) is 0 Å². The van der Waals surface area contributed by atoms with Crippen LogP contribution in [0, 0.1) is 0 Å². The number of hydrogen-bond donors (Lipinski definition) is 2. The number of nitrogens with one attached hydrogen (secondary N) is 1. The molecule has 1 aliphatic rings. The lowest BCUT2D eigenvalue weighted by atomic mass is 10.1. The van der Waals surface area contributed by atoms with Crippen molar-refractivity contribution in [3.63, 3.8) is 0 Å². The highest BCUT2D eigenvalue weighted by Gasteiger charge is 2.15. The normalized spacial score (nSPS) is 25.2. The van der Waals surface area contributed by atoms with Gasteiger partial charge in [0.15, 0.2) is 0 Å². The minimum atomic E-state index is -0.427. The van der Waals surface area contributed by atoms with E-state index in [4.69, 9.17) is 10.5 Å². The zero-order valence-corrected chi connectivity index (χ0v) is 8.08. The summed E-state index contributed by atoms with van der Waals surface area (Å²) in [6, 6.07) is -0.427. The number of nitrogens with two attached hydrogens (primary N) is 1. The van der Waals surface area contributed by atoms with Gasteiger partial charge >= 0.3 is 0 Å². The zero-order chi connectivity index (χ0) is 9.68. The Balaban J connectivity index is 2.13. The van der Waals surface area contributed by atoms with Gasteiger partial charge in [-0.05, 0) is 26.2 Å². The molecule has 1 amide bonds. The molecule has 0 aromatic carbocycles. The van der Waals surface area contributed by atoms with E-state index in [0.29, 0.717) is 6.54 Å². The summed E-state index contributed by atoms with van der Waals surface area (Å²) in [6.07, 6.45) is 3.56. The summed E-state index contributed by atoms with van der Waals surface area (Å²) in [6.45, 7) is 3.09. The fraction of sp³-hybridized carbons (Fsp3) is 0.889. The third kappa shape index (κ3) is 3.74. The number of amides is 1. The van der Waals surface area contributed by atoms with E-state index in [2.05, 4.69) is 5.32 Å². The van der Waals surface area contributed by atoms with Crippen molar-refractivity contribution in [1.29, 1.82) is 0 Å². The van der Waals surface area contributed by atoms with Gasteiger partial charge in [0.2, 0.25) is 5.91 Å². The zero-order valence-electron chi connectivity index (χ0n) is 8.08. The molecule has 0 aromatic heterocycles. The van der Waals surface area contributed by atoms with Gasteiger partial charge in [-0.3, -0.25) is 4.79 Å². The van der Waals surface area contributed by atoms with E-state index < -0.39 is 6.04 Å². The molecule has 0 radical (unpaired) electrons. The molecule has 3 N–H and O–H groups in total. The molecular formula is C9H18N2O2. The first-order valence-electron chi connectivity index (χ1n) is 4.85. The molecule has 4 heteroatoms. The Morgan fingerprint density at radius 2 is 2.46 bits per heavy atom. The molecule has 76 valence electrons. The van der Waals surface area contributed by atoms with Gasteiger partial charge in [-0.1, -0.05) is 0 Å². The standard InChI is InChI=1S/C9H18N2O2/c1-7(10)9(12)11-6-8-4-2-3-5-13-8/h7-8H,2-6,10H2,1H3,(H,11,12)/t7-,8?/m0/s1. The molecule has 1 heterocycles. The number of rotatable bonds is 3. The number of ether oxygens (including phenoxy) is 1. The summed E-state index contributed by atoms with van der Waals surface area (Å²) in [5.74, 6) is -0.103. The minimum absolute atomic E-state index is 0.103. The van der Waals surface area contributed by atoms with Crippen molar-refractivity contribution in [2.45, 2.75) is 38.3 Å². The Hall–Kier alpha value is -0.610. The largest absolute Gasteiger partial charge is 0.376 e. The van der Waals surface area contributed by atoms with E-state index >= 15 is 0 Å². The number of hydrogen-bond acceptors (Lipinski definition) is 3. The first-order valence-corrected chi connectivity index (χ1v) is 4.85. The topological polar surface area (TPSA) is 64.4 Å². The maximum absolute atomic E-state index is 11.1. The van der Waals surface area contributed by atoms with E-state index in [1.807, 2.05) is 0 Å². The van der Waals surface area contributed by atoms with Crippen LogP contribution in [-0.4, -0.2) is 31.2 Å². The SMILES string of the molecule is C[C@H](N)C(=O)NCC1CCCCO1. The van der Waals surface area contributed by atoms with Crippen molar-refractivity contribution in [1.82, 2.24) is 5.32 Å². The van der Waals surface area contributed by atoms with Crippen molar-refractivity contribution < 1.29 is 9.53 Å². The van der Waals surface area contributed by atoms with Crippen molar-refractivity contribution in [2.24, 2.45) is 5.73 Å². The van der Waals surface area contributed by atoms with Gasteiger partial charge in [0.25, 0.3) is 0 Å². The smallest absolute Gasteiger partial charge is 0.236 e. The minimum Gasteiger partial charge on any atom is -0.376 e. The van der Waals surface area contributed by atoms with Gasteiger partial charge in [-0.2, -0.15) is 0 Å². The lowest BCUT2D eigenvalue weighted by Gasteiger charge is -2.23. The van der Waals surface area contributed by atoms with E-state index in [1.165, 1.54) is 6.42 Å². The molecule has 0 aromatic rings. The maximum atomic E-state index is 11.1. The van der Waals surface area contributed by atoms with E-state index in [9.17, 15) is 4.79 Å². The molecule has 1 rings (SSSR count). The Morgan fingerprint density at radius 1 is 1.69 bits per heavy atom.